The SMILES string of the molecule is C=CC(=O)OCCC.CCCCN(CCCC)CCCC. The van der Waals surface area contributed by atoms with Crippen LogP contribution in [-0.2, 0) is 9.53 Å². The second-order valence-electron chi connectivity index (χ2n) is 5.27. The fourth-order valence-electron chi connectivity index (χ4n) is 1.74. The maximum absolute atomic E-state index is 10.2. The molecule has 21 heavy (non-hydrogen) atoms. The number of carbonyl (C=O) groups is 1. The third-order valence-electron chi connectivity index (χ3n) is 3.10. The number of carbonyl (C=O) groups excluding carboxylic acids is 1. The zero-order valence-corrected chi connectivity index (χ0v) is 14.8. The lowest BCUT2D eigenvalue weighted by molar-refractivity contribution is -0.137. The van der Waals surface area contributed by atoms with Gasteiger partial charge in [-0.05, 0) is 45.3 Å². The Morgan fingerprint density at radius 2 is 1.33 bits per heavy atom. The first-order chi connectivity index (χ1) is 10.2. The fourth-order valence-corrected chi connectivity index (χ4v) is 1.74. The van der Waals surface area contributed by atoms with E-state index >= 15 is 0 Å². The number of ether oxygens (including phenoxy) is 1. The third kappa shape index (κ3) is 19.2. The van der Waals surface area contributed by atoms with Crippen LogP contribution in [0.25, 0.3) is 0 Å². The van der Waals surface area contributed by atoms with E-state index in [4.69, 9.17) is 0 Å². The van der Waals surface area contributed by atoms with Crippen molar-refractivity contribution in [2.75, 3.05) is 26.2 Å². The van der Waals surface area contributed by atoms with Gasteiger partial charge < -0.3 is 9.64 Å². The topological polar surface area (TPSA) is 29.5 Å². The quantitative estimate of drug-likeness (QED) is 0.382. The van der Waals surface area contributed by atoms with Crippen molar-refractivity contribution < 1.29 is 9.53 Å². The maximum atomic E-state index is 10.2. The summed E-state index contributed by atoms with van der Waals surface area (Å²) in [5, 5.41) is 0. The summed E-state index contributed by atoms with van der Waals surface area (Å²) in [6, 6.07) is 0. The van der Waals surface area contributed by atoms with Crippen molar-refractivity contribution in [3.05, 3.63) is 12.7 Å². The van der Waals surface area contributed by atoms with E-state index in [1.54, 1.807) is 0 Å². The summed E-state index contributed by atoms with van der Waals surface area (Å²) in [5.41, 5.74) is 0. The van der Waals surface area contributed by atoms with Crippen LogP contribution in [0.5, 0.6) is 0 Å². The fraction of sp³-hybridized carbons (Fsp3) is 0.833. The summed E-state index contributed by atoms with van der Waals surface area (Å²) in [5.74, 6) is -0.341. The molecule has 0 bridgehead atoms. The van der Waals surface area contributed by atoms with Gasteiger partial charge in [0.15, 0.2) is 0 Å². The highest BCUT2D eigenvalue weighted by atomic mass is 16.5. The predicted octanol–water partition coefficient (Wildman–Crippen LogP) is 4.81. The number of hydrogen-bond donors (Lipinski definition) is 0. The van der Waals surface area contributed by atoms with Crippen LogP contribution in [0.4, 0.5) is 0 Å². The number of esters is 1. The van der Waals surface area contributed by atoms with Crippen LogP contribution in [-0.4, -0.2) is 37.1 Å². The zero-order valence-electron chi connectivity index (χ0n) is 14.8. The van der Waals surface area contributed by atoms with Crippen LogP contribution in [0.1, 0.15) is 72.6 Å². The Balaban J connectivity index is 0. The molecule has 0 aliphatic carbocycles. The van der Waals surface area contributed by atoms with Gasteiger partial charge in [0, 0.05) is 6.08 Å². The molecule has 0 amide bonds. The average Bonchev–Trinajstić information content (AvgIpc) is 2.52. The van der Waals surface area contributed by atoms with Crippen molar-refractivity contribution in [2.45, 2.75) is 72.6 Å². The lowest BCUT2D eigenvalue weighted by Gasteiger charge is -2.21. The molecule has 126 valence electrons. The molecule has 0 fully saturated rings. The van der Waals surface area contributed by atoms with Gasteiger partial charge in [-0.25, -0.2) is 4.79 Å². The molecule has 0 rings (SSSR count). The van der Waals surface area contributed by atoms with E-state index in [2.05, 4.69) is 37.0 Å². The second-order valence-corrected chi connectivity index (χ2v) is 5.27. The van der Waals surface area contributed by atoms with E-state index in [0.717, 1.165) is 12.5 Å². The Bertz CT molecular complexity index is 210. The van der Waals surface area contributed by atoms with Gasteiger partial charge in [-0.15, -0.1) is 0 Å². The summed E-state index contributed by atoms with van der Waals surface area (Å²) in [6.45, 7) is 16.4. The standard InChI is InChI=1S/C12H27N.C6H10O2/c1-4-7-10-13(11-8-5-2)12-9-6-3;1-3-5-8-6(7)4-2/h4-12H2,1-3H3;4H,2-3,5H2,1H3. The van der Waals surface area contributed by atoms with Crippen molar-refractivity contribution in [1.29, 1.82) is 0 Å². The van der Waals surface area contributed by atoms with Gasteiger partial charge in [0.1, 0.15) is 0 Å². The average molecular weight is 299 g/mol. The molecule has 0 aromatic heterocycles. The van der Waals surface area contributed by atoms with Crippen LogP contribution < -0.4 is 0 Å². The number of hydrogen-bond acceptors (Lipinski definition) is 3. The molecule has 0 aliphatic heterocycles. The lowest BCUT2D eigenvalue weighted by Crippen LogP contribution is -2.27. The molecular formula is C18H37NO2. The van der Waals surface area contributed by atoms with E-state index in [1.807, 2.05) is 6.92 Å². The number of nitrogens with zero attached hydrogens (tertiary/aromatic N) is 1. The molecule has 0 saturated heterocycles. The van der Waals surface area contributed by atoms with Gasteiger partial charge in [0.2, 0.25) is 0 Å². The van der Waals surface area contributed by atoms with Crippen LogP contribution in [0.15, 0.2) is 12.7 Å². The molecule has 0 aromatic rings. The van der Waals surface area contributed by atoms with Crippen molar-refractivity contribution in [2.24, 2.45) is 0 Å². The summed E-state index contributed by atoms with van der Waals surface area (Å²) >= 11 is 0. The monoisotopic (exact) mass is 299 g/mol. The summed E-state index contributed by atoms with van der Waals surface area (Å²) in [7, 11) is 0. The zero-order chi connectivity index (χ0) is 16.3. The molecule has 0 radical (unpaired) electrons. The first kappa shape index (κ1) is 22.5. The molecule has 0 spiro atoms. The molecule has 3 heteroatoms. The third-order valence-corrected chi connectivity index (χ3v) is 3.10. The smallest absolute Gasteiger partial charge is 0.330 e. The first-order valence-corrected chi connectivity index (χ1v) is 8.67. The molecule has 0 unspecified atom stereocenters. The Morgan fingerprint density at radius 3 is 1.62 bits per heavy atom. The van der Waals surface area contributed by atoms with E-state index < -0.39 is 0 Å². The minimum absolute atomic E-state index is 0.341. The highest BCUT2D eigenvalue weighted by Gasteiger charge is 2.01. The van der Waals surface area contributed by atoms with Crippen LogP contribution >= 0.6 is 0 Å². The van der Waals surface area contributed by atoms with Crippen LogP contribution in [0, 0.1) is 0 Å². The largest absolute Gasteiger partial charge is 0.463 e. The highest BCUT2D eigenvalue weighted by molar-refractivity contribution is 5.81. The lowest BCUT2D eigenvalue weighted by atomic mass is 10.2. The van der Waals surface area contributed by atoms with Crippen LogP contribution in [0.2, 0.25) is 0 Å². The van der Waals surface area contributed by atoms with Crippen LogP contribution in [0.3, 0.4) is 0 Å². The number of unbranched alkanes of at least 4 members (excludes halogenated alkanes) is 3. The molecule has 0 heterocycles. The second kappa shape index (κ2) is 19.2. The Hall–Kier alpha value is -0.830. The molecule has 0 aliphatic rings. The van der Waals surface area contributed by atoms with E-state index in [-0.39, 0.29) is 5.97 Å². The summed E-state index contributed by atoms with van der Waals surface area (Å²) < 4.78 is 4.58. The highest BCUT2D eigenvalue weighted by Crippen LogP contribution is 2.01. The van der Waals surface area contributed by atoms with Crippen molar-refractivity contribution in [1.82, 2.24) is 4.90 Å². The number of rotatable bonds is 12. The van der Waals surface area contributed by atoms with Crippen molar-refractivity contribution >= 4 is 5.97 Å². The molecule has 0 aromatic carbocycles. The molecular weight excluding hydrogens is 262 g/mol. The predicted molar refractivity (Wildman–Crippen MR) is 92.6 cm³/mol. The maximum Gasteiger partial charge on any atom is 0.330 e. The van der Waals surface area contributed by atoms with Gasteiger partial charge in [0.05, 0.1) is 6.61 Å². The normalized spacial score (nSPS) is 9.95. The van der Waals surface area contributed by atoms with Gasteiger partial charge in [-0.2, -0.15) is 0 Å². The Labute approximate surface area is 132 Å². The van der Waals surface area contributed by atoms with Gasteiger partial charge in [-0.1, -0.05) is 53.5 Å². The van der Waals surface area contributed by atoms with Gasteiger partial charge in [0.25, 0.3) is 0 Å². The van der Waals surface area contributed by atoms with Gasteiger partial charge in [-0.3, -0.25) is 0 Å². The molecule has 0 saturated carbocycles. The molecule has 3 nitrogen and oxygen atoms in total. The first-order valence-electron chi connectivity index (χ1n) is 8.67. The minimum Gasteiger partial charge on any atom is -0.463 e. The Kier molecular flexibility index (Phi) is 20.5. The Morgan fingerprint density at radius 1 is 0.905 bits per heavy atom. The molecule has 0 atom stereocenters. The summed E-state index contributed by atoms with van der Waals surface area (Å²) in [4.78, 5) is 12.9. The summed E-state index contributed by atoms with van der Waals surface area (Å²) in [6.07, 6.45) is 10.1. The molecule has 0 N–H and O–H groups in total. The minimum atomic E-state index is -0.341. The van der Waals surface area contributed by atoms with E-state index in [1.165, 1.54) is 58.2 Å². The van der Waals surface area contributed by atoms with Gasteiger partial charge >= 0.3 is 5.97 Å². The van der Waals surface area contributed by atoms with E-state index in [0.29, 0.717) is 6.61 Å². The van der Waals surface area contributed by atoms with Crippen molar-refractivity contribution in [3.8, 4) is 0 Å². The van der Waals surface area contributed by atoms with Crippen molar-refractivity contribution in [3.63, 3.8) is 0 Å². The van der Waals surface area contributed by atoms with E-state index in [9.17, 15) is 4.79 Å².